The first-order valence-corrected chi connectivity index (χ1v) is 10.9. The molecule has 0 radical (unpaired) electrons. The van der Waals surface area contributed by atoms with Crippen LogP contribution in [-0.4, -0.2) is 30.4 Å². The van der Waals surface area contributed by atoms with Crippen molar-refractivity contribution >= 4 is 17.5 Å². The van der Waals surface area contributed by atoms with Crippen molar-refractivity contribution in [2.24, 2.45) is 5.92 Å². The van der Waals surface area contributed by atoms with Gasteiger partial charge in [0.25, 0.3) is 0 Å². The van der Waals surface area contributed by atoms with Gasteiger partial charge in [-0.3, -0.25) is 9.59 Å². The lowest BCUT2D eigenvalue weighted by molar-refractivity contribution is -0.142. The van der Waals surface area contributed by atoms with Gasteiger partial charge in [-0.15, -0.1) is 0 Å². The van der Waals surface area contributed by atoms with E-state index in [0.717, 1.165) is 36.1 Å². The molecule has 3 rings (SSSR count). The molecule has 0 saturated carbocycles. The van der Waals surface area contributed by atoms with Gasteiger partial charge in [0.1, 0.15) is 5.75 Å². The molecule has 2 aromatic rings. The molecule has 5 heteroatoms. The first kappa shape index (κ1) is 21.9. The summed E-state index contributed by atoms with van der Waals surface area (Å²) in [6.45, 7) is 4.83. The van der Waals surface area contributed by atoms with Crippen LogP contribution in [0, 0.1) is 5.92 Å². The highest BCUT2D eigenvalue weighted by Gasteiger charge is 2.41. The molecule has 1 aliphatic heterocycles. The number of amides is 2. The number of carbonyl (C=O) groups is 2. The molecule has 0 aromatic heterocycles. The standard InChI is InChI=1S/C25H32N2O3/c1-4-6-17-27-23(28)16-15-20(24(27)19-12-8-10-14-22(19)30-3)25(29)26-21-13-9-7-11-18(21)5-2/h7-14,20,24H,4-6,15-17H2,1-3H3,(H,26,29)/t20-,24-/m1/s1. The highest BCUT2D eigenvalue weighted by atomic mass is 16.5. The molecule has 0 unspecified atom stereocenters. The number of rotatable bonds is 8. The lowest BCUT2D eigenvalue weighted by Gasteiger charge is -2.41. The average Bonchev–Trinajstić information content (AvgIpc) is 2.78. The Morgan fingerprint density at radius 3 is 2.60 bits per heavy atom. The molecule has 0 spiro atoms. The molecule has 2 amide bonds. The van der Waals surface area contributed by atoms with Gasteiger partial charge in [0.05, 0.1) is 19.1 Å². The average molecular weight is 409 g/mol. The molecule has 5 nitrogen and oxygen atoms in total. The summed E-state index contributed by atoms with van der Waals surface area (Å²) in [4.78, 5) is 28.2. The van der Waals surface area contributed by atoms with Crippen molar-refractivity contribution in [3.05, 3.63) is 59.7 Å². The smallest absolute Gasteiger partial charge is 0.229 e. The predicted molar refractivity (Wildman–Crippen MR) is 120 cm³/mol. The summed E-state index contributed by atoms with van der Waals surface area (Å²) < 4.78 is 5.60. The summed E-state index contributed by atoms with van der Waals surface area (Å²) >= 11 is 0. The van der Waals surface area contributed by atoms with Gasteiger partial charge in [0.2, 0.25) is 11.8 Å². The van der Waals surface area contributed by atoms with Gasteiger partial charge in [-0.05, 0) is 37.0 Å². The molecule has 1 N–H and O–H groups in total. The van der Waals surface area contributed by atoms with Crippen molar-refractivity contribution in [2.45, 2.75) is 52.0 Å². The van der Waals surface area contributed by atoms with Crippen LogP contribution in [0.15, 0.2) is 48.5 Å². The third kappa shape index (κ3) is 4.66. The molecular formula is C25H32N2O3. The van der Waals surface area contributed by atoms with E-state index in [1.165, 1.54) is 0 Å². The molecule has 1 heterocycles. The van der Waals surface area contributed by atoms with Gasteiger partial charge in [0.15, 0.2) is 0 Å². The molecule has 0 bridgehead atoms. The van der Waals surface area contributed by atoms with Crippen LogP contribution in [0.1, 0.15) is 56.7 Å². The lowest BCUT2D eigenvalue weighted by Crippen LogP contribution is -2.47. The minimum atomic E-state index is -0.333. The number of methoxy groups -OCH3 is 1. The minimum Gasteiger partial charge on any atom is -0.496 e. The quantitative estimate of drug-likeness (QED) is 0.670. The highest BCUT2D eigenvalue weighted by molar-refractivity contribution is 5.95. The molecule has 2 aromatic carbocycles. The highest BCUT2D eigenvalue weighted by Crippen LogP contribution is 2.41. The second-order valence-corrected chi connectivity index (χ2v) is 7.77. The second-order valence-electron chi connectivity index (χ2n) is 7.77. The maximum absolute atomic E-state index is 13.5. The van der Waals surface area contributed by atoms with Crippen LogP contribution in [0.3, 0.4) is 0 Å². The number of nitrogens with zero attached hydrogens (tertiary/aromatic N) is 1. The van der Waals surface area contributed by atoms with Gasteiger partial charge < -0.3 is 15.0 Å². The van der Waals surface area contributed by atoms with E-state index in [9.17, 15) is 9.59 Å². The molecule has 30 heavy (non-hydrogen) atoms. The summed E-state index contributed by atoms with van der Waals surface area (Å²) in [5, 5.41) is 3.14. The summed E-state index contributed by atoms with van der Waals surface area (Å²) in [5.41, 5.74) is 2.85. The van der Waals surface area contributed by atoms with E-state index in [-0.39, 0.29) is 23.8 Å². The Morgan fingerprint density at radius 1 is 1.13 bits per heavy atom. The van der Waals surface area contributed by atoms with E-state index in [0.29, 0.717) is 25.1 Å². The summed E-state index contributed by atoms with van der Waals surface area (Å²) in [7, 11) is 1.63. The number of para-hydroxylation sites is 2. The summed E-state index contributed by atoms with van der Waals surface area (Å²) in [5.74, 6) is 0.449. The van der Waals surface area contributed by atoms with Crippen molar-refractivity contribution in [2.75, 3.05) is 19.0 Å². The van der Waals surface area contributed by atoms with Crippen molar-refractivity contribution < 1.29 is 14.3 Å². The predicted octanol–water partition coefficient (Wildman–Crippen LogP) is 4.98. The maximum Gasteiger partial charge on any atom is 0.229 e. The van der Waals surface area contributed by atoms with Crippen molar-refractivity contribution in [3.63, 3.8) is 0 Å². The first-order chi connectivity index (χ1) is 14.6. The number of unbranched alkanes of at least 4 members (excludes halogenated alkanes) is 1. The Hall–Kier alpha value is -2.82. The number of hydrogen-bond donors (Lipinski definition) is 1. The molecule has 1 saturated heterocycles. The zero-order chi connectivity index (χ0) is 21.5. The third-order valence-electron chi connectivity index (χ3n) is 5.91. The Bertz CT molecular complexity index is 880. The first-order valence-electron chi connectivity index (χ1n) is 10.9. The van der Waals surface area contributed by atoms with Gasteiger partial charge in [-0.25, -0.2) is 0 Å². The number of aryl methyl sites for hydroxylation is 1. The van der Waals surface area contributed by atoms with Crippen molar-refractivity contribution in [1.82, 2.24) is 4.90 Å². The fourth-order valence-electron chi connectivity index (χ4n) is 4.29. The van der Waals surface area contributed by atoms with Crippen LogP contribution in [-0.2, 0) is 16.0 Å². The van der Waals surface area contributed by atoms with Crippen molar-refractivity contribution in [1.29, 1.82) is 0 Å². The second kappa shape index (κ2) is 10.3. The Labute approximate surface area is 179 Å². The third-order valence-corrected chi connectivity index (χ3v) is 5.91. The Kier molecular flexibility index (Phi) is 7.50. The van der Waals surface area contributed by atoms with E-state index in [4.69, 9.17) is 4.74 Å². The fraction of sp³-hybridized carbons (Fsp3) is 0.440. The SMILES string of the molecule is CCCCN1C(=O)CC[C@@H](C(=O)Nc2ccccc2CC)[C@H]1c1ccccc1OC. The maximum atomic E-state index is 13.5. The number of hydrogen-bond acceptors (Lipinski definition) is 3. The fourth-order valence-corrected chi connectivity index (χ4v) is 4.29. The minimum absolute atomic E-state index is 0.0409. The van der Waals surface area contributed by atoms with Crippen LogP contribution in [0.2, 0.25) is 0 Å². The molecular weight excluding hydrogens is 376 g/mol. The largest absolute Gasteiger partial charge is 0.496 e. The normalized spacial score (nSPS) is 18.9. The summed E-state index contributed by atoms with van der Waals surface area (Å²) in [6, 6.07) is 15.3. The topological polar surface area (TPSA) is 58.6 Å². The van der Waals surface area contributed by atoms with Gasteiger partial charge in [0, 0.05) is 24.2 Å². The summed E-state index contributed by atoms with van der Waals surface area (Å²) in [6.07, 6.45) is 3.67. The number of piperidine rings is 1. The van der Waals surface area contributed by atoms with Crippen LogP contribution >= 0.6 is 0 Å². The van der Waals surface area contributed by atoms with E-state index < -0.39 is 0 Å². The van der Waals surface area contributed by atoms with Gasteiger partial charge in [-0.2, -0.15) is 0 Å². The number of likely N-dealkylation sites (tertiary alicyclic amines) is 1. The van der Waals surface area contributed by atoms with E-state index in [2.05, 4.69) is 19.2 Å². The molecule has 0 aliphatic carbocycles. The van der Waals surface area contributed by atoms with Crippen LogP contribution in [0.4, 0.5) is 5.69 Å². The molecule has 160 valence electrons. The molecule has 2 atom stereocenters. The number of nitrogens with one attached hydrogen (secondary N) is 1. The van der Waals surface area contributed by atoms with E-state index in [1.807, 2.05) is 53.4 Å². The van der Waals surface area contributed by atoms with Crippen molar-refractivity contribution in [3.8, 4) is 5.75 Å². The molecule has 1 fully saturated rings. The van der Waals surface area contributed by atoms with Gasteiger partial charge in [-0.1, -0.05) is 56.7 Å². The van der Waals surface area contributed by atoms with Gasteiger partial charge >= 0.3 is 0 Å². The number of anilines is 1. The lowest BCUT2D eigenvalue weighted by atomic mass is 9.83. The van der Waals surface area contributed by atoms with E-state index in [1.54, 1.807) is 7.11 Å². The Balaban J connectivity index is 1.97. The van der Waals surface area contributed by atoms with Crippen LogP contribution in [0.5, 0.6) is 5.75 Å². The zero-order valence-electron chi connectivity index (χ0n) is 18.2. The number of carbonyl (C=O) groups excluding carboxylic acids is 2. The van der Waals surface area contributed by atoms with E-state index >= 15 is 0 Å². The Morgan fingerprint density at radius 2 is 1.87 bits per heavy atom. The molecule has 1 aliphatic rings. The monoisotopic (exact) mass is 408 g/mol. The number of benzene rings is 2. The van der Waals surface area contributed by atoms with Crippen LogP contribution < -0.4 is 10.1 Å². The van der Waals surface area contributed by atoms with Crippen LogP contribution in [0.25, 0.3) is 0 Å². The number of ether oxygens (including phenoxy) is 1. The zero-order valence-corrected chi connectivity index (χ0v) is 18.2.